The van der Waals surface area contributed by atoms with Gasteiger partial charge in [-0.25, -0.2) is 4.79 Å². The van der Waals surface area contributed by atoms with Gasteiger partial charge in [-0.3, -0.25) is 0 Å². The number of carboxylic acid groups (broad SMARTS) is 1. The van der Waals surface area contributed by atoms with Crippen molar-refractivity contribution in [3.05, 3.63) is 63.1 Å². The molecule has 0 bridgehead atoms. The third-order valence-corrected chi connectivity index (χ3v) is 4.52. The molecule has 0 saturated heterocycles. The van der Waals surface area contributed by atoms with Gasteiger partial charge in [0.05, 0.1) is 0 Å². The lowest BCUT2D eigenvalue weighted by atomic mass is 9.82. The molecule has 0 amide bonds. The van der Waals surface area contributed by atoms with Crippen molar-refractivity contribution in [3.63, 3.8) is 0 Å². The summed E-state index contributed by atoms with van der Waals surface area (Å²) in [7, 11) is 0. The molecule has 0 aromatic heterocycles. The molecule has 3 nitrogen and oxygen atoms in total. The van der Waals surface area contributed by atoms with Crippen molar-refractivity contribution in [1.82, 2.24) is 0 Å². The van der Waals surface area contributed by atoms with Gasteiger partial charge in [0.2, 0.25) is 0 Å². The first-order valence-corrected chi connectivity index (χ1v) is 7.76. The minimum absolute atomic E-state index is 0.0224. The van der Waals surface area contributed by atoms with E-state index in [9.17, 15) is 9.90 Å². The van der Waals surface area contributed by atoms with Crippen molar-refractivity contribution in [1.29, 1.82) is 0 Å². The Morgan fingerprint density at radius 3 is 2.62 bits per heavy atom. The van der Waals surface area contributed by atoms with Crippen LogP contribution >= 0.6 is 27.5 Å². The van der Waals surface area contributed by atoms with E-state index in [-0.39, 0.29) is 5.92 Å². The van der Waals surface area contributed by atoms with Gasteiger partial charge in [-0.15, -0.1) is 0 Å². The summed E-state index contributed by atoms with van der Waals surface area (Å²) in [6.45, 7) is 0. The molecule has 0 fully saturated rings. The van der Waals surface area contributed by atoms with Crippen molar-refractivity contribution < 1.29 is 9.90 Å². The van der Waals surface area contributed by atoms with Crippen LogP contribution in [0.1, 0.15) is 23.5 Å². The second-order valence-electron chi connectivity index (χ2n) is 5.11. The number of hydrogen-bond donors (Lipinski definition) is 2. The van der Waals surface area contributed by atoms with E-state index >= 15 is 0 Å². The maximum absolute atomic E-state index is 11.4. The van der Waals surface area contributed by atoms with Crippen molar-refractivity contribution in [3.8, 4) is 0 Å². The largest absolute Gasteiger partial charge is 0.480 e. The van der Waals surface area contributed by atoms with Crippen molar-refractivity contribution in [2.75, 3.05) is 5.32 Å². The summed E-state index contributed by atoms with van der Waals surface area (Å²) < 4.78 is 1.00. The van der Waals surface area contributed by atoms with Crippen LogP contribution < -0.4 is 5.32 Å². The number of hydrogen-bond acceptors (Lipinski definition) is 2. The Kier molecular flexibility index (Phi) is 3.91. The molecular formula is C16H13BrClNO2. The summed E-state index contributed by atoms with van der Waals surface area (Å²) in [4.78, 5) is 11.4. The zero-order valence-electron chi connectivity index (χ0n) is 11.0. The molecular weight excluding hydrogens is 354 g/mol. The van der Waals surface area contributed by atoms with Crippen LogP contribution in [0.25, 0.3) is 0 Å². The third-order valence-electron chi connectivity index (χ3n) is 3.76. The van der Waals surface area contributed by atoms with E-state index in [0.717, 1.165) is 21.3 Å². The van der Waals surface area contributed by atoms with Gasteiger partial charge < -0.3 is 10.4 Å². The number of benzene rings is 2. The van der Waals surface area contributed by atoms with Crippen molar-refractivity contribution in [2.45, 2.75) is 18.4 Å². The summed E-state index contributed by atoms with van der Waals surface area (Å²) in [5.41, 5.74) is 2.97. The standard InChI is InChI=1S/C16H13BrClNO2/c17-10-3-1-9(2-4-10)12-8-15(16(20)21)19-14-6-5-11(18)7-13(12)14/h1-7,12,15,19H,8H2,(H,20,21). The Morgan fingerprint density at radius 1 is 1.24 bits per heavy atom. The van der Waals surface area contributed by atoms with E-state index < -0.39 is 12.0 Å². The molecule has 1 aliphatic rings. The number of carboxylic acids is 1. The molecule has 2 aromatic carbocycles. The zero-order valence-corrected chi connectivity index (χ0v) is 13.4. The minimum atomic E-state index is -0.835. The van der Waals surface area contributed by atoms with Crippen LogP contribution in [-0.2, 0) is 4.79 Å². The predicted octanol–water partition coefficient (Wildman–Crippen LogP) is 4.50. The van der Waals surface area contributed by atoms with Gasteiger partial charge in [0.25, 0.3) is 0 Å². The van der Waals surface area contributed by atoms with Crippen LogP contribution in [-0.4, -0.2) is 17.1 Å². The summed E-state index contributed by atoms with van der Waals surface area (Å²) in [6, 6.07) is 12.9. The van der Waals surface area contributed by atoms with Gasteiger partial charge in [-0.1, -0.05) is 39.7 Å². The fourth-order valence-corrected chi connectivity index (χ4v) is 3.18. The molecule has 2 atom stereocenters. The molecule has 5 heteroatoms. The molecule has 2 aromatic rings. The Balaban J connectivity index is 2.07. The first-order valence-electron chi connectivity index (χ1n) is 6.59. The second-order valence-corrected chi connectivity index (χ2v) is 6.46. The van der Waals surface area contributed by atoms with Crippen molar-refractivity contribution >= 4 is 39.2 Å². The number of aliphatic carboxylic acids is 1. The van der Waals surface area contributed by atoms with Crippen LogP contribution in [0, 0.1) is 0 Å². The summed E-state index contributed by atoms with van der Waals surface area (Å²) in [5, 5.41) is 13.1. The van der Waals surface area contributed by atoms with Crippen LogP contribution in [0.5, 0.6) is 0 Å². The van der Waals surface area contributed by atoms with Gasteiger partial charge in [-0.05, 0) is 47.9 Å². The van der Waals surface area contributed by atoms with E-state index in [1.807, 2.05) is 36.4 Å². The number of fused-ring (bicyclic) bond motifs is 1. The fraction of sp³-hybridized carbons (Fsp3) is 0.188. The summed E-state index contributed by atoms with van der Waals surface area (Å²) in [5.74, 6) is -0.813. The molecule has 0 saturated carbocycles. The van der Waals surface area contributed by atoms with E-state index in [4.69, 9.17) is 11.6 Å². The van der Waals surface area contributed by atoms with Gasteiger partial charge >= 0.3 is 5.97 Å². The first-order chi connectivity index (χ1) is 10.0. The maximum Gasteiger partial charge on any atom is 0.326 e. The van der Waals surface area contributed by atoms with Gasteiger partial charge in [0.15, 0.2) is 0 Å². The smallest absolute Gasteiger partial charge is 0.326 e. The van der Waals surface area contributed by atoms with Gasteiger partial charge in [0.1, 0.15) is 6.04 Å². The SMILES string of the molecule is O=C(O)C1CC(c2ccc(Br)cc2)c2cc(Cl)ccc2N1. The second kappa shape index (κ2) is 5.70. The molecule has 1 heterocycles. The number of carbonyl (C=O) groups is 1. The average Bonchev–Trinajstić information content (AvgIpc) is 2.47. The summed E-state index contributed by atoms with van der Waals surface area (Å²) in [6.07, 6.45) is 0.504. The lowest BCUT2D eigenvalue weighted by Crippen LogP contribution is -2.35. The highest BCUT2D eigenvalue weighted by Crippen LogP contribution is 2.40. The van der Waals surface area contributed by atoms with Gasteiger partial charge in [0, 0.05) is 21.1 Å². The Hall–Kier alpha value is -1.52. The number of rotatable bonds is 2. The van der Waals surface area contributed by atoms with Crippen LogP contribution in [0.3, 0.4) is 0 Å². The molecule has 0 radical (unpaired) electrons. The highest BCUT2D eigenvalue weighted by atomic mass is 79.9. The highest BCUT2D eigenvalue weighted by molar-refractivity contribution is 9.10. The Labute approximate surface area is 136 Å². The molecule has 0 aliphatic carbocycles. The van der Waals surface area contributed by atoms with Crippen LogP contribution in [0.2, 0.25) is 5.02 Å². The molecule has 1 aliphatic heterocycles. The minimum Gasteiger partial charge on any atom is -0.480 e. The number of halogens is 2. The number of anilines is 1. The van der Waals surface area contributed by atoms with Crippen LogP contribution in [0.15, 0.2) is 46.9 Å². The predicted molar refractivity (Wildman–Crippen MR) is 87.1 cm³/mol. The van der Waals surface area contributed by atoms with E-state index in [1.54, 1.807) is 6.07 Å². The topological polar surface area (TPSA) is 49.3 Å². The molecule has 3 rings (SSSR count). The van der Waals surface area contributed by atoms with E-state index in [0.29, 0.717) is 11.4 Å². The van der Waals surface area contributed by atoms with Crippen molar-refractivity contribution in [2.24, 2.45) is 0 Å². The maximum atomic E-state index is 11.4. The first kappa shape index (κ1) is 14.4. The molecule has 0 spiro atoms. The lowest BCUT2D eigenvalue weighted by Gasteiger charge is -2.31. The Morgan fingerprint density at radius 2 is 1.95 bits per heavy atom. The van der Waals surface area contributed by atoms with Crippen LogP contribution in [0.4, 0.5) is 5.69 Å². The van der Waals surface area contributed by atoms with E-state index in [1.165, 1.54) is 0 Å². The molecule has 2 unspecified atom stereocenters. The average molecular weight is 367 g/mol. The molecule has 2 N–H and O–H groups in total. The third kappa shape index (κ3) is 2.92. The monoisotopic (exact) mass is 365 g/mol. The van der Waals surface area contributed by atoms with E-state index in [2.05, 4.69) is 21.2 Å². The fourth-order valence-electron chi connectivity index (χ4n) is 2.74. The molecule has 21 heavy (non-hydrogen) atoms. The number of nitrogens with one attached hydrogen (secondary N) is 1. The Bertz CT molecular complexity index is 687. The highest BCUT2D eigenvalue weighted by Gasteiger charge is 2.31. The molecule has 108 valence electrons. The quantitative estimate of drug-likeness (QED) is 0.822. The zero-order chi connectivity index (χ0) is 15.0. The summed E-state index contributed by atoms with van der Waals surface area (Å²) >= 11 is 9.52. The van der Waals surface area contributed by atoms with Gasteiger partial charge in [-0.2, -0.15) is 0 Å². The lowest BCUT2D eigenvalue weighted by molar-refractivity contribution is -0.138. The normalized spacial score (nSPS) is 20.5.